The van der Waals surface area contributed by atoms with Gasteiger partial charge in [0.05, 0.1) is 28.4 Å². The van der Waals surface area contributed by atoms with Gasteiger partial charge in [0.2, 0.25) is 0 Å². The van der Waals surface area contributed by atoms with Crippen molar-refractivity contribution in [2.45, 2.75) is 6.17 Å². The van der Waals surface area contributed by atoms with Crippen LogP contribution >= 0.6 is 0 Å². The summed E-state index contributed by atoms with van der Waals surface area (Å²) in [6, 6.07) is 62.1. The van der Waals surface area contributed by atoms with Crippen LogP contribution in [-0.2, 0) is 0 Å². The molecule has 0 saturated carbocycles. The highest BCUT2D eigenvalue weighted by molar-refractivity contribution is 6.06. The first kappa shape index (κ1) is 27.8. The Morgan fingerprint density at radius 1 is 0.429 bits per heavy atom. The van der Waals surface area contributed by atoms with Crippen LogP contribution in [0.1, 0.15) is 11.7 Å². The molecule has 0 aromatic heterocycles. The zero-order valence-corrected chi connectivity index (χ0v) is 27.1. The number of hydrogen-bond acceptors (Lipinski definition) is 3. The van der Waals surface area contributed by atoms with Crippen LogP contribution in [-0.4, -0.2) is 7.05 Å². The molecule has 0 radical (unpaired) electrons. The lowest BCUT2D eigenvalue weighted by atomic mass is 9.90. The first-order valence-corrected chi connectivity index (χ1v) is 16.9. The Balaban J connectivity index is 1.20. The van der Waals surface area contributed by atoms with Gasteiger partial charge in [0.1, 0.15) is 6.17 Å². The summed E-state index contributed by atoms with van der Waals surface area (Å²) < 4.78 is 0. The van der Waals surface area contributed by atoms with Gasteiger partial charge in [-0.15, -0.1) is 0 Å². The standard InChI is InChI=1S/C46H33N3/c1-48-42-19-10-18-41-45(42)49(46(47-41)32-13-3-2-4-14-32)43-20-9-17-40(44(43)48)39-28-37(35-23-21-30-11-5-7-15-33(30)25-35)27-38(29-39)36-24-22-31-12-6-8-16-34(31)26-36/h2-29,46-47H,1H3. The number of nitrogens with zero attached hydrogens (tertiary/aromatic N) is 2. The normalized spacial score (nSPS) is 14.5. The Morgan fingerprint density at radius 3 is 1.67 bits per heavy atom. The first-order chi connectivity index (χ1) is 24.2. The molecule has 49 heavy (non-hydrogen) atoms. The molecule has 2 aliphatic heterocycles. The minimum atomic E-state index is -0.00264. The second-order valence-corrected chi connectivity index (χ2v) is 13.2. The summed E-state index contributed by atoms with van der Waals surface area (Å²) in [6.45, 7) is 0. The lowest BCUT2D eigenvalue weighted by molar-refractivity contribution is 0.821. The number of rotatable bonds is 4. The van der Waals surface area contributed by atoms with E-state index in [9.17, 15) is 0 Å². The van der Waals surface area contributed by atoms with E-state index >= 15 is 0 Å². The quantitative estimate of drug-likeness (QED) is 0.209. The Kier molecular flexibility index (Phi) is 6.16. The molecule has 0 aliphatic carbocycles. The molecular weight excluding hydrogens is 595 g/mol. The van der Waals surface area contributed by atoms with Crippen molar-refractivity contribution in [3.63, 3.8) is 0 Å². The molecule has 2 aliphatic rings. The maximum atomic E-state index is 3.84. The third kappa shape index (κ3) is 4.43. The van der Waals surface area contributed by atoms with Gasteiger partial charge in [-0.05, 0) is 103 Å². The minimum absolute atomic E-state index is 0.00264. The molecule has 0 bridgehead atoms. The van der Waals surface area contributed by atoms with Crippen molar-refractivity contribution in [3.05, 3.63) is 175 Å². The first-order valence-electron chi connectivity index (χ1n) is 16.9. The fourth-order valence-corrected chi connectivity index (χ4v) is 7.93. The van der Waals surface area contributed by atoms with E-state index in [-0.39, 0.29) is 6.17 Å². The summed E-state index contributed by atoms with van der Waals surface area (Å²) >= 11 is 0. The van der Waals surface area contributed by atoms with Crippen molar-refractivity contribution in [2.75, 3.05) is 22.2 Å². The van der Waals surface area contributed by atoms with Gasteiger partial charge in [-0.3, -0.25) is 0 Å². The Labute approximate surface area is 286 Å². The van der Waals surface area contributed by atoms with Crippen molar-refractivity contribution < 1.29 is 0 Å². The largest absolute Gasteiger partial charge is 0.359 e. The van der Waals surface area contributed by atoms with Gasteiger partial charge in [-0.1, -0.05) is 121 Å². The number of benzene rings is 8. The van der Waals surface area contributed by atoms with Crippen LogP contribution in [0.25, 0.3) is 54.9 Å². The third-order valence-electron chi connectivity index (χ3n) is 10.3. The molecule has 8 aromatic rings. The van der Waals surface area contributed by atoms with E-state index in [0.717, 1.165) is 5.69 Å². The SMILES string of the molecule is CN1c2cccc3c2N(c2cccc(-c4cc(-c5ccc6ccccc6c5)cc(-c5ccc6ccccc6c5)c4)c21)C(c1ccccc1)N3. The molecule has 232 valence electrons. The number of nitrogens with one attached hydrogen (secondary N) is 1. The molecule has 2 heterocycles. The number of anilines is 5. The van der Waals surface area contributed by atoms with E-state index in [1.54, 1.807) is 0 Å². The van der Waals surface area contributed by atoms with Gasteiger partial charge in [0.15, 0.2) is 0 Å². The molecule has 0 amide bonds. The second kappa shape index (κ2) is 10.9. The highest BCUT2D eigenvalue weighted by Gasteiger charge is 2.39. The maximum absolute atomic E-state index is 3.84. The summed E-state index contributed by atoms with van der Waals surface area (Å²) in [4.78, 5) is 4.88. The molecule has 0 fully saturated rings. The molecule has 3 nitrogen and oxygen atoms in total. The predicted octanol–water partition coefficient (Wildman–Crippen LogP) is 12.3. The van der Waals surface area contributed by atoms with Crippen molar-refractivity contribution in [1.82, 2.24) is 0 Å². The average Bonchev–Trinajstić information content (AvgIpc) is 3.57. The number of hydrogen-bond donors (Lipinski definition) is 1. The van der Waals surface area contributed by atoms with Crippen molar-refractivity contribution in [1.29, 1.82) is 0 Å². The molecule has 10 rings (SSSR count). The van der Waals surface area contributed by atoms with Crippen LogP contribution in [0.3, 0.4) is 0 Å². The van der Waals surface area contributed by atoms with Gasteiger partial charge in [0, 0.05) is 12.6 Å². The smallest absolute Gasteiger partial charge is 0.130 e. The van der Waals surface area contributed by atoms with Crippen LogP contribution in [0.15, 0.2) is 170 Å². The summed E-state index contributed by atoms with van der Waals surface area (Å²) in [5.74, 6) is 0. The molecular formula is C46H33N3. The van der Waals surface area contributed by atoms with Crippen LogP contribution in [0.2, 0.25) is 0 Å². The average molecular weight is 628 g/mol. The van der Waals surface area contributed by atoms with Crippen LogP contribution < -0.4 is 15.1 Å². The van der Waals surface area contributed by atoms with Crippen molar-refractivity contribution in [2.24, 2.45) is 0 Å². The zero-order chi connectivity index (χ0) is 32.5. The fraction of sp³-hybridized carbons (Fsp3) is 0.0435. The summed E-state index contributed by atoms with van der Waals surface area (Å²) in [6.07, 6.45) is -0.00264. The van der Waals surface area contributed by atoms with Crippen LogP contribution in [0, 0.1) is 0 Å². The van der Waals surface area contributed by atoms with E-state index in [4.69, 9.17) is 0 Å². The molecule has 1 unspecified atom stereocenters. The maximum Gasteiger partial charge on any atom is 0.130 e. The Bertz CT molecular complexity index is 2470. The van der Waals surface area contributed by atoms with E-state index < -0.39 is 0 Å². The van der Waals surface area contributed by atoms with E-state index in [2.05, 4.69) is 192 Å². The minimum Gasteiger partial charge on any atom is -0.359 e. The summed E-state index contributed by atoms with van der Waals surface area (Å²) in [5.41, 5.74) is 14.5. The molecule has 1 atom stereocenters. The predicted molar refractivity (Wildman–Crippen MR) is 207 cm³/mol. The van der Waals surface area contributed by atoms with E-state index in [1.165, 1.54) is 83.2 Å². The molecule has 1 N–H and O–H groups in total. The lowest BCUT2D eigenvalue weighted by Crippen LogP contribution is -2.29. The monoisotopic (exact) mass is 627 g/mol. The van der Waals surface area contributed by atoms with Crippen LogP contribution in [0.5, 0.6) is 0 Å². The van der Waals surface area contributed by atoms with E-state index in [0.29, 0.717) is 0 Å². The van der Waals surface area contributed by atoms with E-state index in [1.807, 2.05) is 0 Å². The molecule has 0 saturated heterocycles. The van der Waals surface area contributed by atoms with Crippen molar-refractivity contribution in [3.8, 4) is 33.4 Å². The Morgan fingerprint density at radius 2 is 1.00 bits per heavy atom. The van der Waals surface area contributed by atoms with Gasteiger partial charge < -0.3 is 15.1 Å². The van der Waals surface area contributed by atoms with Crippen molar-refractivity contribution >= 4 is 50.0 Å². The second-order valence-electron chi connectivity index (χ2n) is 13.2. The Hall–Kier alpha value is -6.32. The van der Waals surface area contributed by atoms with Gasteiger partial charge in [0.25, 0.3) is 0 Å². The summed E-state index contributed by atoms with van der Waals surface area (Å²) in [7, 11) is 2.21. The number of para-hydroxylation sites is 2. The van der Waals surface area contributed by atoms with Gasteiger partial charge in [-0.2, -0.15) is 0 Å². The lowest BCUT2D eigenvalue weighted by Gasteiger charge is -2.39. The highest BCUT2D eigenvalue weighted by atomic mass is 15.4. The topological polar surface area (TPSA) is 18.5 Å². The summed E-state index contributed by atoms with van der Waals surface area (Å²) in [5, 5.41) is 8.84. The molecule has 8 aromatic carbocycles. The molecule has 0 spiro atoms. The van der Waals surface area contributed by atoms with Gasteiger partial charge >= 0.3 is 0 Å². The fourth-order valence-electron chi connectivity index (χ4n) is 7.93. The molecule has 3 heteroatoms. The van der Waals surface area contributed by atoms with Gasteiger partial charge in [-0.25, -0.2) is 0 Å². The third-order valence-corrected chi connectivity index (χ3v) is 10.3. The number of fused-ring (bicyclic) bond motifs is 4. The van der Waals surface area contributed by atoms with Crippen LogP contribution in [0.4, 0.5) is 28.4 Å². The zero-order valence-electron chi connectivity index (χ0n) is 27.1. The highest BCUT2D eigenvalue weighted by Crippen LogP contribution is 2.59.